The lowest BCUT2D eigenvalue weighted by molar-refractivity contribution is 0.370. The van der Waals surface area contributed by atoms with Crippen LogP contribution in [0.2, 0.25) is 0 Å². The summed E-state index contributed by atoms with van der Waals surface area (Å²) in [5.74, 6) is 1.77. The fourth-order valence-electron chi connectivity index (χ4n) is 3.27. The van der Waals surface area contributed by atoms with E-state index in [1.165, 1.54) is 4.70 Å². The van der Waals surface area contributed by atoms with E-state index in [4.69, 9.17) is 4.99 Å². The Morgan fingerprint density at radius 3 is 2.66 bits per heavy atom. The second-order valence-corrected chi connectivity index (χ2v) is 7.70. The second kappa shape index (κ2) is 9.51. The molecule has 1 aliphatic heterocycles. The van der Waals surface area contributed by atoms with E-state index in [2.05, 4.69) is 48.4 Å². The van der Waals surface area contributed by atoms with E-state index in [9.17, 15) is 0 Å². The number of para-hydroxylation sites is 1. The van der Waals surface area contributed by atoms with E-state index < -0.39 is 0 Å². The molecule has 1 fully saturated rings. The first-order valence-electron chi connectivity index (χ1n) is 9.98. The molecule has 8 nitrogen and oxygen atoms in total. The Morgan fingerprint density at radius 1 is 1.10 bits per heavy atom. The number of piperazine rings is 1. The van der Waals surface area contributed by atoms with Crippen molar-refractivity contribution in [1.29, 1.82) is 0 Å². The molecule has 3 aromatic rings. The van der Waals surface area contributed by atoms with Crippen molar-refractivity contribution >= 4 is 38.6 Å². The standard InChI is InChI=1S/C20H26N8S/c1-2-21-18(27-12-14-28(15-13-27)19-22-8-5-9-23-19)24-10-11-25-20-26-16-6-3-4-7-17(16)29-20/h3-9H,2,10-15H2,1H3,(H,21,24)(H,25,26). The first-order valence-corrected chi connectivity index (χ1v) is 10.8. The van der Waals surface area contributed by atoms with Gasteiger partial charge in [-0.2, -0.15) is 0 Å². The number of fused-ring (bicyclic) bond motifs is 1. The molecule has 1 aliphatic rings. The largest absolute Gasteiger partial charge is 0.360 e. The van der Waals surface area contributed by atoms with Crippen LogP contribution in [0.5, 0.6) is 0 Å². The maximum Gasteiger partial charge on any atom is 0.225 e. The van der Waals surface area contributed by atoms with Gasteiger partial charge in [-0.1, -0.05) is 23.5 Å². The lowest BCUT2D eigenvalue weighted by Crippen LogP contribution is -2.53. The molecule has 1 aromatic carbocycles. The van der Waals surface area contributed by atoms with E-state index in [-0.39, 0.29) is 0 Å². The summed E-state index contributed by atoms with van der Waals surface area (Å²) in [5.41, 5.74) is 1.04. The Balaban J connectivity index is 1.29. The third-order valence-electron chi connectivity index (χ3n) is 4.69. The topological polar surface area (TPSA) is 81.6 Å². The Bertz CT molecular complexity index is 901. The number of aliphatic imine (C=N–C) groups is 1. The molecule has 0 aliphatic carbocycles. The highest BCUT2D eigenvalue weighted by molar-refractivity contribution is 7.22. The maximum absolute atomic E-state index is 4.80. The summed E-state index contributed by atoms with van der Waals surface area (Å²) in [7, 11) is 0. The molecular weight excluding hydrogens is 384 g/mol. The van der Waals surface area contributed by atoms with Gasteiger partial charge < -0.3 is 20.4 Å². The summed E-state index contributed by atoms with van der Waals surface area (Å²) in [4.78, 5) is 22.6. The number of benzene rings is 1. The number of guanidine groups is 1. The molecule has 3 heterocycles. The van der Waals surface area contributed by atoms with E-state index in [1.807, 2.05) is 24.3 Å². The average molecular weight is 411 g/mol. The summed E-state index contributed by atoms with van der Waals surface area (Å²) in [6.07, 6.45) is 3.58. The zero-order valence-corrected chi connectivity index (χ0v) is 17.4. The fraction of sp³-hybridized carbons (Fsp3) is 0.400. The lowest BCUT2D eigenvalue weighted by atomic mass is 10.3. The van der Waals surface area contributed by atoms with Crippen molar-refractivity contribution in [3.63, 3.8) is 0 Å². The fourth-order valence-corrected chi connectivity index (χ4v) is 4.16. The van der Waals surface area contributed by atoms with Gasteiger partial charge in [0.1, 0.15) is 0 Å². The first kappa shape index (κ1) is 19.4. The van der Waals surface area contributed by atoms with E-state index in [0.29, 0.717) is 6.54 Å². The molecule has 0 atom stereocenters. The summed E-state index contributed by atoms with van der Waals surface area (Å²) < 4.78 is 1.20. The van der Waals surface area contributed by atoms with Crippen LogP contribution in [0.3, 0.4) is 0 Å². The molecule has 152 valence electrons. The predicted molar refractivity (Wildman–Crippen MR) is 120 cm³/mol. The molecule has 0 amide bonds. The van der Waals surface area contributed by atoms with Gasteiger partial charge in [0, 0.05) is 51.7 Å². The van der Waals surface area contributed by atoms with Gasteiger partial charge >= 0.3 is 0 Å². The number of anilines is 2. The number of rotatable bonds is 6. The number of hydrogen-bond acceptors (Lipinski definition) is 7. The van der Waals surface area contributed by atoms with Gasteiger partial charge in [0.25, 0.3) is 0 Å². The maximum atomic E-state index is 4.80. The minimum atomic E-state index is 0.695. The Morgan fingerprint density at radius 2 is 1.90 bits per heavy atom. The zero-order chi connectivity index (χ0) is 19.9. The summed E-state index contributed by atoms with van der Waals surface area (Å²) in [5, 5.41) is 7.75. The third kappa shape index (κ3) is 4.92. The highest BCUT2D eigenvalue weighted by Gasteiger charge is 2.20. The number of nitrogens with one attached hydrogen (secondary N) is 2. The van der Waals surface area contributed by atoms with E-state index in [1.54, 1.807) is 23.7 Å². The smallest absolute Gasteiger partial charge is 0.225 e. The quantitative estimate of drug-likeness (QED) is 0.367. The van der Waals surface area contributed by atoms with Crippen molar-refractivity contribution < 1.29 is 0 Å². The number of hydrogen-bond donors (Lipinski definition) is 2. The van der Waals surface area contributed by atoms with Crippen LogP contribution < -0.4 is 15.5 Å². The van der Waals surface area contributed by atoms with Crippen molar-refractivity contribution in [2.45, 2.75) is 6.92 Å². The molecule has 29 heavy (non-hydrogen) atoms. The van der Waals surface area contributed by atoms with Gasteiger partial charge in [-0.25, -0.2) is 15.0 Å². The van der Waals surface area contributed by atoms with Gasteiger partial charge in [-0.15, -0.1) is 0 Å². The molecule has 0 unspecified atom stereocenters. The van der Waals surface area contributed by atoms with Gasteiger partial charge in [-0.05, 0) is 25.1 Å². The summed E-state index contributed by atoms with van der Waals surface area (Å²) in [6.45, 7) is 7.98. The Kier molecular flexibility index (Phi) is 6.35. The van der Waals surface area contributed by atoms with Gasteiger partial charge in [-0.3, -0.25) is 4.99 Å². The average Bonchev–Trinajstić information content (AvgIpc) is 3.19. The van der Waals surface area contributed by atoms with Crippen LogP contribution >= 0.6 is 11.3 Å². The third-order valence-corrected chi connectivity index (χ3v) is 5.69. The minimum Gasteiger partial charge on any atom is -0.360 e. The van der Waals surface area contributed by atoms with Crippen LogP contribution in [0.4, 0.5) is 11.1 Å². The lowest BCUT2D eigenvalue weighted by Gasteiger charge is -2.36. The molecule has 0 bridgehead atoms. The van der Waals surface area contributed by atoms with Crippen molar-refractivity contribution in [3.05, 3.63) is 42.7 Å². The Hall–Kier alpha value is -2.94. The highest BCUT2D eigenvalue weighted by atomic mass is 32.1. The molecule has 2 N–H and O–H groups in total. The zero-order valence-electron chi connectivity index (χ0n) is 16.6. The molecule has 4 rings (SSSR count). The number of nitrogens with zero attached hydrogens (tertiary/aromatic N) is 6. The van der Waals surface area contributed by atoms with Crippen LogP contribution in [0.25, 0.3) is 10.2 Å². The van der Waals surface area contributed by atoms with E-state index in [0.717, 1.165) is 61.8 Å². The molecule has 0 spiro atoms. The van der Waals surface area contributed by atoms with Crippen molar-refractivity contribution in [2.24, 2.45) is 4.99 Å². The van der Waals surface area contributed by atoms with Crippen LogP contribution in [0.15, 0.2) is 47.7 Å². The Labute approximate surface area is 174 Å². The van der Waals surface area contributed by atoms with Crippen LogP contribution in [0, 0.1) is 0 Å². The summed E-state index contributed by atoms with van der Waals surface area (Å²) >= 11 is 1.68. The van der Waals surface area contributed by atoms with Crippen molar-refractivity contribution in [3.8, 4) is 0 Å². The minimum absolute atomic E-state index is 0.695. The SMILES string of the molecule is CCNC(=NCCNc1nc2ccccc2s1)N1CCN(c2ncccn2)CC1. The second-order valence-electron chi connectivity index (χ2n) is 6.67. The molecule has 9 heteroatoms. The van der Waals surface area contributed by atoms with Crippen LogP contribution in [0.1, 0.15) is 6.92 Å². The molecule has 0 radical (unpaired) electrons. The normalized spacial score (nSPS) is 15.0. The number of thiazole rings is 1. The molecule has 1 saturated heterocycles. The van der Waals surface area contributed by atoms with Crippen LogP contribution in [-0.2, 0) is 0 Å². The number of aromatic nitrogens is 3. The molecule has 2 aromatic heterocycles. The van der Waals surface area contributed by atoms with Crippen LogP contribution in [-0.4, -0.2) is 71.6 Å². The molecular formula is C20H26N8S. The van der Waals surface area contributed by atoms with Gasteiger partial charge in [0.2, 0.25) is 5.95 Å². The van der Waals surface area contributed by atoms with E-state index >= 15 is 0 Å². The summed E-state index contributed by atoms with van der Waals surface area (Å²) in [6, 6.07) is 10.0. The van der Waals surface area contributed by atoms with Crippen molar-refractivity contribution in [2.75, 3.05) is 56.0 Å². The monoisotopic (exact) mass is 410 g/mol. The van der Waals surface area contributed by atoms with Gasteiger partial charge in [0.15, 0.2) is 11.1 Å². The van der Waals surface area contributed by atoms with Gasteiger partial charge in [0.05, 0.1) is 16.8 Å². The van der Waals surface area contributed by atoms with Crippen molar-refractivity contribution in [1.82, 2.24) is 25.2 Å². The highest BCUT2D eigenvalue weighted by Crippen LogP contribution is 2.24. The molecule has 0 saturated carbocycles. The first-order chi connectivity index (χ1) is 14.3. The predicted octanol–water partition coefficient (Wildman–Crippen LogP) is 2.29.